The molecule has 2 aliphatic heterocycles. The number of carbonyl (C=O) groups excluding carboxylic acids is 1. The molecule has 4 atom stereocenters. The minimum atomic E-state index is 0.192. The number of fused-ring (bicyclic) bond motifs is 1. The van der Waals surface area contributed by atoms with Crippen molar-refractivity contribution in [2.45, 2.75) is 64.0 Å². The van der Waals surface area contributed by atoms with Gasteiger partial charge in [0.2, 0.25) is 5.91 Å². The van der Waals surface area contributed by atoms with Gasteiger partial charge in [0, 0.05) is 19.2 Å². The summed E-state index contributed by atoms with van der Waals surface area (Å²) in [5, 5.41) is 0. The molecule has 0 aromatic rings. The molecule has 0 unspecified atom stereocenters. The average Bonchev–Trinajstić information content (AvgIpc) is 2.99. The largest absolute Gasteiger partial charge is 0.376 e. The molecule has 0 radical (unpaired) electrons. The molecule has 0 aromatic heterocycles. The molecule has 1 saturated carbocycles. The molecular formula is C17H29NO3. The molecule has 1 aliphatic carbocycles. The molecule has 0 bridgehead atoms. The molecule has 0 aromatic carbocycles. The van der Waals surface area contributed by atoms with Crippen LogP contribution in [0.15, 0.2) is 0 Å². The highest BCUT2D eigenvalue weighted by atomic mass is 16.5. The number of nitrogens with zero attached hydrogens (tertiary/aromatic N) is 1. The third kappa shape index (κ3) is 3.78. The van der Waals surface area contributed by atoms with Crippen molar-refractivity contribution >= 4 is 5.91 Å². The van der Waals surface area contributed by atoms with Gasteiger partial charge in [0.25, 0.3) is 0 Å². The minimum absolute atomic E-state index is 0.192. The van der Waals surface area contributed by atoms with Gasteiger partial charge in [0.05, 0.1) is 12.7 Å². The van der Waals surface area contributed by atoms with Crippen molar-refractivity contribution in [3.05, 3.63) is 0 Å². The van der Waals surface area contributed by atoms with Gasteiger partial charge in [-0.2, -0.15) is 0 Å². The maximum atomic E-state index is 12.5. The SMILES string of the molecule is C[C@@H]1CC[C@@H]2[C@H](CCCN2C(=O)COC[C@H]2CCCO2)C1. The second kappa shape index (κ2) is 7.10. The summed E-state index contributed by atoms with van der Waals surface area (Å²) < 4.78 is 11.1. The normalized spacial score (nSPS) is 36.5. The highest BCUT2D eigenvalue weighted by Crippen LogP contribution is 2.37. The van der Waals surface area contributed by atoms with Crippen LogP contribution in [0.1, 0.15) is 51.9 Å². The van der Waals surface area contributed by atoms with Gasteiger partial charge in [-0.3, -0.25) is 4.79 Å². The van der Waals surface area contributed by atoms with Crippen molar-refractivity contribution in [1.29, 1.82) is 0 Å². The topological polar surface area (TPSA) is 38.8 Å². The second-order valence-electron chi connectivity index (χ2n) is 7.13. The molecule has 0 spiro atoms. The van der Waals surface area contributed by atoms with Gasteiger partial charge < -0.3 is 14.4 Å². The standard InChI is InChI=1S/C17H29NO3/c1-13-6-7-16-14(10-13)4-2-8-18(16)17(19)12-20-11-15-5-3-9-21-15/h13-16H,2-12H2,1H3/t13-,14-,15-,16-/m1/s1. The zero-order valence-corrected chi connectivity index (χ0v) is 13.3. The summed E-state index contributed by atoms with van der Waals surface area (Å²) in [7, 11) is 0. The predicted octanol–water partition coefficient (Wildman–Crippen LogP) is 2.61. The second-order valence-corrected chi connectivity index (χ2v) is 7.13. The van der Waals surface area contributed by atoms with E-state index in [1.807, 2.05) is 0 Å². The Hall–Kier alpha value is -0.610. The van der Waals surface area contributed by atoms with Crippen LogP contribution in [-0.2, 0) is 14.3 Å². The highest BCUT2D eigenvalue weighted by Gasteiger charge is 2.37. The van der Waals surface area contributed by atoms with E-state index in [1.165, 1.54) is 25.7 Å². The van der Waals surface area contributed by atoms with Gasteiger partial charge >= 0.3 is 0 Å². The van der Waals surface area contributed by atoms with Gasteiger partial charge in [-0.1, -0.05) is 6.92 Å². The van der Waals surface area contributed by atoms with Crippen LogP contribution >= 0.6 is 0 Å². The highest BCUT2D eigenvalue weighted by molar-refractivity contribution is 5.78. The predicted molar refractivity (Wildman–Crippen MR) is 81.0 cm³/mol. The first-order valence-corrected chi connectivity index (χ1v) is 8.73. The Bertz CT molecular complexity index is 354. The zero-order chi connectivity index (χ0) is 14.7. The van der Waals surface area contributed by atoms with Crippen LogP contribution in [0.25, 0.3) is 0 Å². The quantitative estimate of drug-likeness (QED) is 0.800. The van der Waals surface area contributed by atoms with E-state index in [0.717, 1.165) is 44.2 Å². The number of likely N-dealkylation sites (tertiary alicyclic amines) is 1. The Kier molecular flexibility index (Phi) is 5.17. The van der Waals surface area contributed by atoms with Gasteiger partial charge in [-0.05, 0) is 56.8 Å². The van der Waals surface area contributed by atoms with Crippen molar-refractivity contribution in [3.8, 4) is 0 Å². The Balaban J connectivity index is 1.46. The molecule has 4 nitrogen and oxygen atoms in total. The van der Waals surface area contributed by atoms with Gasteiger partial charge in [0.15, 0.2) is 0 Å². The number of piperidine rings is 1. The van der Waals surface area contributed by atoms with Gasteiger partial charge in [0.1, 0.15) is 6.61 Å². The summed E-state index contributed by atoms with van der Waals surface area (Å²) >= 11 is 0. The van der Waals surface area contributed by atoms with Crippen LogP contribution in [0.4, 0.5) is 0 Å². The van der Waals surface area contributed by atoms with Crippen LogP contribution in [-0.4, -0.2) is 49.3 Å². The molecule has 21 heavy (non-hydrogen) atoms. The van der Waals surface area contributed by atoms with Crippen molar-refractivity contribution < 1.29 is 14.3 Å². The summed E-state index contributed by atoms with van der Waals surface area (Å²) in [6.45, 7) is 4.93. The summed E-state index contributed by atoms with van der Waals surface area (Å²) in [6.07, 6.45) is 8.61. The van der Waals surface area contributed by atoms with Gasteiger partial charge in [-0.25, -0.2) is 0 Å². The van der Waals surface area contributed by atoms with Crippen LogP contribution in [0, 0.1) is 11.8 Å². The molecular weight excluding hydrogens is 266 g/mol. The first kappa shape index (κ1) is 15.3. The van der Waals surface area contributed by atoms with E-state index in [9.17, 15) is 4.79 Å². The van der Waals surface area contributed by atoms with Crippen LogP contribution in [0.5, 0.6) is 0 Å². The van der Waals surface area contributed by atoms with E-state index in [-0.39, 0.29) is 18.6 Å². The summed E-state index contributed by atoms with van der Waals surface area (Å²) in [5.41, 5.74) is 0. The molecule has 120 valence electrons. The number of rotatable bonds is 4. The van der Waals surface area contributed by atoms with Crippen molar-refractivity contribution in [2.75, 3.05) is 26.4 Å². The van der Waals surface area contributed by atoms with E-state index in [1.54, 1.807) is 0 Å². The van der Waals surface area contributed by atoms with Crippen LogP contribution < -0.4 is 0 Å². The lowest BCUT2D eigenvalue weighted by Crippen LogP contribution is -2.51. The molecule has 4 heteroatoms. The first-order valence-electron chi connectivity index (χ1n) is 8.73. The van der Waals surface area contributed by atoms with Gasteiger partial charge in [-0.15, -0.1) is 0 Å². The molecule has 3 fully saturated rings. The fourth-order valence-electron chi connectivity index (χ4n) is 4.34. The fraction of sp³-hybridized carbons (Fsp3) is 0.941. The number of ether oxygens (including phenoxy) is 2. The maximum absolute atomic E-state index is 12.5. The zero-order valence-electron chi connectivity index (χ0n) is 13.3. The lowest BCUT2D eigenvalue weighted by Gasteiger charge is -2.45. The Morgan fingerprint density at radius 1 is 1.24 bits per heavy atom. The molecule has 3 rings (SSSR count). The fourth-order valence-corrected chi connectivity index (χ4v) is 4.34. The van der Waals surface area contributed by atoms with Crippen molar-refractivity contribution in [3.63, 3.8) is 0 Å². The Morgan fingerprint density at radius 2 is 2.14 bits per heavy atom. The monoisotopic (exact) mass is 295 g/mol. The van der Waals surface area contributed by atoms with Crippen LogP contribution in [0.2, 0.25) is 0 Å². The third-order valence-corrected chi connectivity index (χ3v) is 5.45. The number of amides is 1. The number of hydrogen-bond donors (Lipinski definition) is 0. The lowest BCUT2D eigenvalue weighted by molar-refractivity contribution is -0.144. The summed E-state index contributed by atoms with van der Waals surface area (Å²) in [5.74, 6) is 1.75. The number of carbonyl (C=O) groups is 1. The minimum Gasteiger partial charge on any atom is -0.376 e. The molecule has 3 aliphatic rings. The van der Waals surface area contributed by atoms with E-state index >= 15 is 0 Å². The van der Waals surface area contributed by atoms with Crippen LogP contribution in [0.3, 0.4) is 0 Å². The third-order valence-electron chi connectivity index (χ3n) is 5.45. The number of hydrogen-bond acceptors (Lipinski definition) is 3. The lowest BCUT2D eigenvalue weighted by atomic mass is 9.74. The van der Waals surface area contributed by atoms with E-state index < -0.39 is 0 Å². The summed E-state index contributed by atoms with van der Waals surface area (Å²) in [6, 6.07) is 0.480. The van der Waals surface area contributed by atoms with E-state index in [4.69, 9.17) is 9.47 Å². The smallest absolute Gasteiger partial charge is 0.248 e. The average molecular weight is 295 g/mol. The molecule has 1 amide bonds. The first-order chi connectivity index (χ1) is 10.2. The summed E-state index contributed by atoms with van der Waals surface area (Å²) in [4.78, 5) is 14.6. The maximum Gasteiger partial charge on any atom is 0.248 e. The molecule has 0 N–H and O–H groups in total. The Labute approximate surface area is 128 Å². The van der Waals surface area contributed by atoms with E-state index in [0.29, 0.717) is 12.6 Å². The van der Waals surface area contributed by atoms with E-state index in [2.05, 4.69) is 11.8 Å². The van der Waals surface area contributed by atoms with Crippen molar-refractivity contribution in [2.24, 2.45) is 11.8 Å². The molecule has 2 heterocycles. The molecule has 2 saturated heterocycles. The Morgan fingerprint density at radius 3 is 2.95 bits per heavy atom. The van der Waals surface area contributed by atoms with Crippen molar-refractivity contribution in [1.82, 2.24) is 4.90 Å².